The Morgan fingerprint density at radius 3 is 2.46 bits per heavy atom. The number of nitrogens with one attached hydrogen (secondary N) is 1. The summed E-state index contributed by atoms with van der Waals surface area (Å²) in [6, 6.07) is 9.18. The van der Waals surface area contributed by atoms with Crippen LogP contribution in [0.15, 0.2) is 47.5 Å². The molecule has 0 aliphatic rings. The van der Waals surface area contributed by atoms with Gasteiger partial charge in [-0.2, -0.15) is 0 Å². The molecule has 1 atom stereocenters. The first-order valence-electron chi connectivity index (χ1n) is 7.11. The molecule has 8 heteroatoms. The van der Waals surface area contributed by atoms with Crippen LogP contribution in [0.1, 0.15) is 6.92 Å². The fourth-order valence-electron chi connectivity index (χ4n) is 1.98. The number of benzene rings is 1. The number of rotatable bonds is 6. The minimum absolute atomic E-state index is 0.146. The van der Waals surface area contributed by atoms with Gasteiger partial charge in [0.15, 0.2) is 9.84 Å². The molecule has 0 bridgehead atoms. The normalized spacial score (nSPS) is 12.5. The first-order valence-corrected chi connectivity index (χ1v) is 9.14. The summed E-state index contributed by atoms with van der Waals surface area (Å²) in [5.74, 6) is -0.596. The topological polar surface area (TPSA) is 85.4 Å². The maximum Gasteiger partial charge on any atom is 0.229 e. The number of nitrogens with zero attached hydrogens (tertiary/aromatic N) is 1. The number of sulfone groups is 1. The number of amides is 1. The number of halogens is 1. The predicted molar refractivity (Wildman–Crippen MR) is 92.1 cm³/mol. The van der Waals surface area contributed by atoms with E-state index in [1.54, 1.807) is 31.2 Å². The second-order valence-corrected chi connectivity index (χ2v) is 7.68. The number of hydrogen-bond donors (Lipinski definition) is 1. The highest BCUT2D eigenvalue weighted by atomic mass is 35.5. The van der Waals surface area contributed by atoms with Gasteiger partial charge in [-0.25, -0.2) is 13.4 Å². The lowest BCUT2D eigenvalue weighted by Crippen LogP contribution is -2.27. The van der Waals surface area contributed by atoms with Gasteiger partial charge < -0.3 is 10.1 Å². The fourth-order valence-corrected chi connectivity index (χ4v) is 3.65. The van der Waals surface area contributed by atoms with Gasteiger partial charge in [-0.1, -0.05) is 18.5 Å². The van der Waals surface area contributed by atoms with Crippen LogP contribution in [-0.4, -0.2) is 32.2 Å². The van der Waals surface area contributed by atoms with E-state index in [2.05, 4.69) is 10.3 Å². The smallest absolute Gasteiger partial charge is 0.229 e. The van der Waals surface area contributed by atoms with E-state index in [0.717, 1.165) is 0 Å². The quantitative estimate of drug-likeness (QED) is 0.847. The molecule has 0 fully saturated rings. The van der Waals surface area contributed by atoms with Crippen LogP contribution in [0.5, 0.6) is 5.75 Å². The average molecular weight is 369 g/mol. The van der Waals surface area contributed by atoms with Gasteiger partial charge in [0, 0.05) is 12.1 Å². The highest BCUT2D eigenvalue weighted by Crippen LogP contribution is 2.19. The van der Waals surface area contributed by atoms with E-state index in [0.29, 0.717) is 16.6 Å². The molecule has 24 heavy (non-hydrogen) atoms. The highest BCUT2D eigenvalue weighted by molar-refractivity contribution is 7.91. The van der Waals surface area contributed by atoms with Crippen molar-refractivity contribution < 1.29 is 17.9 Å². The van der Waals surface area contributed by atoms with Gasteiger partial charge in [0.1, 0.15) is 11.6 Å². The molecule has 2 rings (SSSR count). The van der Waals surface area contributed by atoms with Crippen molar-refractivity contribution in [2.24, 2.45) is 5.92 Å². The lowest BCUT2D eigenvalue weighted by molar-refractivity contribution is -0.118. The summed E-state index contributed by atoms with van der Waals surface area (Å²) in [5.41, 5.74) is 0. The van der Waals surface area contributed by atoms with Gasteiger partial charge in [-0.15, -0.1) is 0 Å². The summed E-state index contributed by atoms with van der Waals surface area (Å²) >= 11 is 5.72. The molecule has 1 aromatic heterocycles. The summed E-state index contributed by atoms with van der Waals surface area (Å²) in [6.45, 7) is 1.55. The van der Waals surface area contributed by atoms with Crippen LogP contribution >= 0.6 is 11.6 Å². The molecule has 128 valence electrons. The van der Waals surface area contributed by atoms with Crippen LogP contribution in [0.25, 0.3) is 0 Å². The number of methoxy groups -OCH3 is 1. The lowest BCUT2D eigenvalue weighted by Gasteiger charge is -2.12. The lowest BCUT2D eigenvalue weighted by atomic mass is 10.2. The summed E-state index contributed by atoms with van der Waals surface area (Å²) in [4.78, 5) is 16.2. The maximum absolute atomic E-state index is 12.4. The third-order valence-electron chi connectivity index (χ3n) is 3.31. The Hall–Kier alpha value is -2.12. The minimum atomic E-state index is -3.59. The molecule has 0 radical (unpaired) electrons. The Labute approximate surface area is 145 Å². The Morgan fingerprint density at radius 2 is 1.92 bits per heavy atom. The van der Waals surface area contributed by atoms with Gasteiger partial charge in [-0.05, 0) is 36.4 Å². The Bertz CT molecular complexity index is 805. The van der Waals surface area contributed by atoms with Crippen molar-refractivity contribution in [2.45, 2.75) is 11.8 Å². The number of carbonyl (C=O) groups is 1. The summed E-state index contributed by atoms with van der Waals surface area (Å²) in [5, 5.41) is 3.02. The first kappa shape index (κ1) is 18.2. The Morgan fingerprint density at radius 1 is 1.25 bits per heavy atom. The molecule has 1 heterocycles. The van der Waals surface area contributed by atoms with E-state index in [1.165, 1.54) is 25.4 Å². The zero-order chi connectivity index (χ0) is 17.7. The van der Waals surface area contributed by atoms with Gasteiger partial charge in [0.25, 0.3) is 0 Å². The number of ether oxygens (including phenoxy) is 1. The molecule has 6 nitrogen and oxygen atoms in total. The summed E-state index contributed by atoms with van der Waals surface area (Å²) in [7, 11) is -2.09. The Kier molecular flexibility index (Phi) is 5.80. The molecular weight excluding hydrogens is 352 g/mol. The molecule has 0 saturated heterocycles. The SMILES string of the molecule is COc1ccc(S(=O)(=O)CC(C)C(=O)Nc2ccc(Cl)cn2)cc1. The van der Waals surface area contributed by atoms with Crippen LogP contribution in [-0.2, 0) is 14.6 Å². The van der Waals surface area contributed by atoms with Crippen molar-refractivity contribution in [3.63, 3.8) is 0 Å². The molecule has 0 aliphatic carbocycles. The molecule has 0 spiro atoms. The van der Waals surface area contributed by atoms with Crippen LogP contribution in [0.2, 0.25) is 5.02 Å². The first-order chi connectivity index (χ1) is 11.3. The standard InChI is InChI=1S/C16H17ClN2O4S/c1-11(16(20)19-15-8-3-12(17)9-18-15)10-24(21,22)14-6-4-13(23-2)5-7-14/h3-9,11H,10H2,1-2H3,(H,18,19,20). The van der Waals surface area contributed by atoms with Gasteiger partial charge in [-0.3, -0.25) is 4.79 Å². The molecule has 1 aromatic carbocycles. The van der Waals surface area contributed by atoms with Crippen molar-refractivity contribution in [1.29, 1.82) is 0 Å². The van der Waals surface area contributed by atoms with E-state index >= 15 is 0 Å². The molecule has 1 N–H and O–H groups in total. The number of carbonyl (C=O) groups excluding carboxylic acids is 1. The number of hydrogen-bond acceptors (Lipinski definition) is 5. The molecule has 1 amide bonds. The third-order valence-corrected chi connectivity index (χ3v) is 5.47. The highest BCUT2D eigenvalue weighted by Gasteiger charge is 2.23. The van der Waals surface area contributed by atoms with E-state index in [9.17, 15) is 13.2 Å². The van der Waals surface area contributed by atoms with E-state index < -0.39 is 21.7 Å². The van der Waals surface area contributed by atoms with Crippen molar-refractivity contribution in [3.05, 3.63) is 47.6 Å². The van der Waals surface area contributed by atoms with Crippen molar-refractivity contribution in [1.82, 2.24) is 4.98 Å². The van der Waals surface area contributed by atoms with Gasteiger partial charge >= 0.3 is 0 Å². The predicted octanol–water partition coefficient (Wildman–Crippen LogP) is 2.79. The zero-order valence-electron chi connectivity index (χ0n) is 13.2. The maximum atomic E-state index is 12.4. The molecular formula is C16H17ClN2O4S. The van der Waals surface area contributed by atoms with E-state index in [4.69, 9.17) is 16.3 Å². The van der Waals surface area contributed by atoms with Crippen molar-refractivity contribution in [2.75, 3.05) is 18.2 Å². The van der Waals surface area contributed by atoms with Crippen molar-refractivity contribution in [3.8, 4) is 5.75 Å². The minimum Gasteiger partial charge on any atom is -0.497 e. The number of anilines is 1. The van der Waals surface area contributed by atoms with Gasteiger partial charge in [0.05, 0.1) is 22.8 Å². The average Bonchev–Trinajstić information content (AvgIpc) is 2.56. The fraction of sp³-hybridized carbons (Fsp3) is 0.250. The van der Waals surface area contributed by atoms with Crippen LogP contribution < -0.4 is 10.1 Å². The number of pyridine rings is 1. The molecule has 2 aromatic rings. The second-order valence-electron chi connectivity index (χ2n) is 5.21. The van der Waals surface area contributed by atoms with E-state index in [-0.39, 0.29) is 10.6 Å². The Balaban J connectivity index is 2.04. The number of aromatic nitrogens is 1. The monoisotopic (exact) mass is 368 g/mol. The molecule has 0 aliphatic heterocycles. The van der Waals surface area contributed by atoms with Gasteiger partial charge in [0.2, 0.25) is 5.91 Å². The second kappa shape index (κ2) is 7.63. The van der Waals surface area contributed by atoms with Crippen LogP contribution in [0.3, 0.4) is 0 Å². The zero-order valence-corrected chi connectivity index (χ0v) is 14.8. The molecule has 0 saturated carbocycles. The molecule has 1 unspecified atom stereocenters. The van der Waals surface area contributed by atoms with Crippen LogP contribution in [0, 0.1) is 5.92 Å². The largest absolute Gasteiger partial charge is 0.497 e. The summed E-state index contributed by atoms with van der Waals surface area (Å²) in [6.07, 6.45) is 1.40. The van der Waals surface area contributed by atoms with E-state index in [1.807, 2.05) is 0 Å². The van der Waals surface area contributed by atoms with Crippen molar-refractivity contribution >= 4 is 33.2 Å². The summed E-state index contributed by atoms with van der Waals surface area (Å²) < 4.78 is 29.8. The van der Waals surface area contributed by atoms with Crippen LogP contribution in [0.4, 0.5) is 5.82 Å². The third kappa shape index (κ3) is 4.69.